The average Bonchev–Trinajstić information content (AvgIpc) is 2.31. The number of aliphatic hydroxyl groups excluding tert-OH is 2. The molecule has 7 N–H and O–H groups in total. The molecule has 0 spiro atoms. The first-order valence-corrected chi connectivity index (χ1v) is 5.72. The molecule has 6 nitrogen and oxygen atoms in total. The third-order valence-electron chi connectivity index (χ3n) is 3.19. The van der Waals surface area contributed by atoms with Crippen LogP contribution in [0.15, 0.2) is 0 Å². The largest absolute Gasteiger partial charge is 0.872 e. The number of carboxylic acid groups (broad SMARTS) is 1. The fourth-order valence-electron chi connectivity index (χ4n) is 2.16. The molecule has 0 saturated heterocycles. The molecule has 0 unspecified atom stereocenters. The molecular weight excluding hydrogens is 250 g/mol. The number of benzene rings is 1. The van der Waals surface area contributed by atoms with Crippen LogP contribution in [0.5, 0.6) is 5.75 Å². The molecule has 0 aliphatic rings. The van der Waals surface area contributed by atoms with Crippen LogP contribution in [0.3, 0.4) is 0 Å². The van der Waals surface area contributed by atoms with E-state index in [9.17, 15) is 9.90 Å². The van der Waals surface area contributed by atoms with Gasteiger partial charge in [-0.3, -0.25) is 0 Å². The van der Waals surface area contributed by atoms with E-state index in [0.29, 0.717) is 22.3 Å². The number of quaternary nitrogens is 1. The van der Waals surface area contributed by atoms with Crippen LogP contribution in [0.2, 0.25) is 0 Å². The number of aliphatic hydroxyl groups is 2. The van der Waals surface area contributed by atoms with Gasteiger partial charge < -0.3 is 26.6 Å². The highest BCUT2D eigenvalue weighted by Gasteiger charge is 2.19. The first-order valence-electron chi connectivity index (χ1n) is 5.72. The van der Waals surface area contributed by atoms with Gasteiger partial charge in [-0.15, -0.1) is 0 Å². The normalized spacial score (nSPS) is 10.1. The van der Waals surface area contributed by atoms with Gasteiger partial charge in [0.1, 0.15) is 0 Å². The number of carbonyl (C=O) groups is 1. The van der Waals surface area contributed by atoms with E-state index in [1.165, 1.54) is 0 Å². The zero-order valence-electron chi connectivity index (χ0n) is 11.5. The lowest BCUT2D eigenvalue weighted by atomic mass is 9.88. The zero-order chi connectivity index (χ0) is 13.9. The lowest BCUT2D eigenvalue weighted by Gasteiger charge is -2.24. The molecule has 1 aromatic carbocycles. The Morgan fingerprint density at radius 3 is 1.95 bits per heavy atom. The van der Waals surface area contributed by atoms with Gasteiger partial charge >= 0.3 is 5.97 Å². The Labute approximate surface area is 111 Å². The lowest BCUT2D eigenvalue weighted by Crippen LogP contribution is -2.16. The Morgan fingerprint density at radius 1 is 1.05 bits per heavy atom. The van der Waals surface area contributed by atoms with Gasteiger partial charge in [-0.25, -0.2) is 4.79 Å². The molecule has 1 rings (SSSR count). The van der Waals surface area contributed by atoms with Gasteiger partial charge in [0.05, 0.1) is 5.56 Å². The number of aromatic carboxylic acids is 1. The van der Waals surface area contributed by atoms with Crippen LogP contribution in [-0.4, -0.2) is 34.5 Å². The molecule has 0 aromatic heterocycles. The Balaban J connectivity index is 0.00000324. The maximum absolute atomic E-state index is 12.0. The maximum atomic E-state index is 12.0. The van der Waals surface area contributed by atoms with Gasteiger partial charge in [0, 0.05) is 13.2 Å². The Kier molecular flexibility index (Phi) is 6.47. The van der Waals surface area contributed by atoms with Crippen molar-refractivity contribution in [2.75, 3.05) is 13.2 Å². The number of rotatable bonds is 5. The summed E-state index contributed by atoms with van der Waals surface area (Å²) >= 11 is 0. The second-order valence-corrected chi connectivity index (χ2v) is 4.16. The quantitative estimate of drug-likeness (QED) is 0.618. The molecule has 0 fully saturated rings. The van der Waals surface area contributed by atoms with Gasteiger partial charge in [0.25, 0.3) is 0 Å². The van der Waals surface area contributed by atoms with Crippen molar-refractivity contribution in [1.29, 1.82) is 0 Å². The van der Waals surface area contributed by atoms with Gasteiger partial charge in [-0.2, -0.15) is 0 Å². The Bertz CT molecular complexity index is 471. The molecule has 0 saturated carbocycles. The monoisotopic (exact) mass is 271 g/mol. The van der Waals surface area contributed by atoms with Crippen molar-refractivity contribution in [2.24, 2.45) is 0 Å². The van der Waals surface area contributed by atoms with E-state index in [1.54, 1.807) is 13.8 Å². The fourth-order valence-corrected chi connectivity index (χ4v) is 2.16. The molecule has 1 aromatic rings. The minimum atomic E-state index is -1.29. The first kappa shape index (κ1) is 17.4. The van der Waals surface area contributed by atoms with E-state index in [1.807, 2.05) is 0 Å². The van der Waals surface area contributed by atoms with E-state index in [4.69, 9.17) is 15.3 Å². The van der Waals surface area contributed by atoms with E-state index >= 15 is 0 Å². The van der Waals surface area contributed by atoms with Gasteiger partial charge in [-0.05, 0) is 43.4 Å². The topological polar surface area (TPSA) is 137 Å². The van der Waals surface area contributed by atoms with Crippen LogP contribution in [0.25, 0.3) is 0 Å². The summed E-state index contributed by atoms with van der Waals surface area (Å²) in [6, 6.07) is 0. The van der Waals surface area contributed by atoms with Crippen molar-refractivity contribution in [2.45, 2.75) is 26.7 Å². The van der Waals surface area contributed by atoms with Crippen LogP contribution < -0.4 is 11.3 Å². The van der Waals surface area contributed by atoms with Crippen molar-refractivity contribution in [3.63, 3.8) is 0 Å². The van der Waals surface area contributed by atoms with Gasteiger partial charge in [0.2, 0.25) is 0 Å². The number of hydrogen-bond donors (Lipinski definition) is 4. The SMILES string of the molecule is Cc1c(C)c(CCO)c(CCO)c(C(=O)O)c1[O-].[NH4+]. The van der Waals surface area contributed by atoms with E-state index in [-0.39, 0.29) is 37.8 Å². The smallest absolute Gasteiger partial charge is 0.335 e. The second kappa shape index (κ2) is 7.08. The lowest BCUT2D eigenvalue weighted by molar-refractivity contribution is -0.269. The Hall–Kier alpha value is -1.63. The predicted octanol–water partition coefficient (Wildman–Crippen LogP) is 0.521. The summed E-state index contributed by atoms with van der Waals surface area (Å²) in [5.74, 6) is -1.80. The summed E-state index contributed by atoms with van der Waals surface area (Å²) < 4.78 is 0. The molecule has 19 heavy (non-hydrogen) atoms. The van der Waals surface area contributed by atoms with Gasteiger partial charge in [-0.1, -0.05) is 11.3 Å². The van der Waals surface area contributed by atoms with Crippen molar-refractivity contribution in [3.05, 3.63) is 27.8 Å². The van der Waals surface area contributed by atoms with Gasteiger partial charge in [0.15, 0.2) is 0 Å². The highest BCUT2D eigenvalue weighted by molar-refractivity contribution is 5.93. The van der Waals surface area contributed by atoms with Crippen LogP contribution in [0, 0.1) is 13.8 Å². The minimum absolute atomic E-state index is 0. The van der Waals surface area contributed by atoms with Crippen LogP contribution in [0.4, 0.5) is 0 Å². The summed E-state index contributed by atoms with van der Waals surface area (Å²) in [4.78, 5) is 11.2. The van der Waals surface area contributed by atoms with Crippen LogP contribution in [0.1, 0.15) is 32.6 Å². The summed E-state index contributed by atoms with van der Waals surface area (Å²) in [7, 11) is 0. The molecule has 0 bridgehead atoms. The second-order valence-electron chi connectivity index (χ2n) is 4.16. The van der Waals surface area contributed by atoms with Crippen molar-refractivity contribution in [1.82, 2.24) is 6.15 Å². The summed E-state index contributed by atoms with van der Waals surface area (Å²) in [6.07, 6.45) is 0.385. The third kappa shape index (κ3) is 3.23. The molecule has 0 heterocycles. The van der Waals surface area contributed by atoms with Crippen molar-refractivity contribution in [3.8, 4) is 5.75 Å². The van der Waals surface area contributed by atoms with Crippen LogP contribution in [-0.2, 0) is 12.8 Å². The minimum Gasteiger partial charge on any atom is -0.872 e. The molecule has 108 valence electrons. The number of carboxylic acids is 1. The molecule has 0 aliphatic heterocycles. The molecule has 0 aliphatic carbocycles. The Morgan fingerprint density at radius 2 is 1.53 bits per heavy atom. The maximum Gasteiger partial charge on any atom is 0.335 e. The van der Waals surface area contributed by atoms with E-state index in [2.05, 4.69) is 0 Å². The molecule has 0 amide bonds. The highest BCUT2D eigenvalue weighted by atomic mass is 16.4. The molecular formula is C13H21NO5. The highest BCUT2D eigenvalue weighted by Crippen LogP contribution is 2.31. The molecule has 6 heteroatoms. The summed E-state index contributed by atoms with van der Waals surface area (Å²) in [5.41, 5.74) is 1.80. The third-order valence-corrected chi connectivity index (χ3v) is 3.19. The molecule has 0 radical (unpaired) electrons. The first-order chi connectivity index (χ1) is 8.45. The average molecular weight is 271 g/mol. The summed E-state index contributed by atoms with van der Waals surface area (Å²) in [5, 5.41) is 39.1. The predicted molar refractivity (Wildman–Crippen MR) is 69.9 cm³/mol. The van der Waals surface area contributed by atoms with Crippen molar-refractivity contribution >= 4 is 5.97 Å². The number of hydrogen-bond acceptors (Lipinski definition) is 4. The van der Waals surface area contributed by atoms with E-state index in [0.717, 1.165) is 0 Å². The zero-order valence-corrected chi connectivity index (χ0v) is 11.5. The standard InChI is InChI=1S/C13H18O5.H3N/c1-7-8(2)12(16)11(13(17)18)10(4-6-15)9(7)3-5-14;/h14-16H,3-6H2,1-2H3,(H,17,18);1H3. The summed E-state index contributed by atoms with van der Waals surface area (Å²) in [6.45, 7) is 2.94. The molecule has 0 atom stereocenters. The van der Waals surface area contributed by atoms with Crippen LogP contribution >= 0.6 is 0 Å². The van der Waals surface area contributed by atoms with E-state index < -0.39 is 11.7 Å². The fraction of sp³-hybridized carbons (Fsp3) is 0.462. The van der Waals surface area contributed by atoms with Crippen molar-refractivity contribution < 1.29 is 25.2 Å².